The lowest BCUT2D eigenvalue weighted by atomic mass is 10.2. The molecule has 0 radical (unpaired) electrons. The third-order valence-corrected chi connectivity index (χ3v) is 3.58. The molecule has 1 N–H and O–H groups in total. The second kappa shape index (κ2) is 6.45. The number of nitrogens with one attached hydrogen (secondary N) is 1. The van der Waals surface area contributed by atoms with Gasteiger partial charge in [0.25, 0.3) is 0 Å². The highest BCUT2D eigenvalue weighted by Gasteiger charge is 2.10. The largest absolute Gasteiger partial charge is 0.381 e. The summed E-state index contributed by atoms with van der Waals surface area (Å²) in [6, 6.07) is 8.53. The van der Waals surface area contributed by atoms with Gasteiger partial charge in [-0.05, 0) is 24.3 Å². The molecule has 1 aromatic carbocycles. The zero-order chi connectivity index (χ0) is 14.5. The summed E-state index contributed by atoms with van der Waals surface area (Å²) in [5.74, 6) is 0. The van der Waals surface area contributed by atoms with Crippen LogP contribution in [0.25, 0.3) is 6.20 Å². The van der Waals surface area contributed by atoms with Crippen LogP contribution in [0.5, 0.6) is 0 Å². The van der Waals surface area contributed by atoms with E-state index < -0.39 is 0 Å². The van der Waals surface area contributed by atoms with Gasteiger partial charge in [0.2, 0.25) is 0 Å². The fourth-order valence-corrected chi connectivity index (χ4v) is 2.38. The molecule has 1 aliphatic heterocycles. The van der Waals surface area contributed by atoms with Gasteiger partial charge in [0.1, 0.15) is 0 Å². The third kappa shape index (κ3) is 3.44. The lowest BCUT2D eigenvalue weighted by Gasteiger charge is -2.28. The zero-order valence-electron chi connectivity index (χ0n) is 12.0. The van der Waals surface area contributed by atoms with Gasteiger partial charge in [-0.2, -0.15) is 5.10 Å². The topological polar surface area (TPSA) is 42.3 Å². The molecule has 1 aromatic heterocycles. The zero-order valence-corrected chi connectivity index (χ0v) is 12.0. The van der Waals surface area contributed by atoms with E-state index in [2.05, 4.69) is 46.2 Å². The van der Waals surface area contributed by atoms with Gasteiger partial charge in [0, 0.05) is 49.0 Å². The van der Waals surface area contributed by atoms with Crippen LogP contribution in [0.1, 0.15) is 5.56 Å². The molecule has 5 heteroatoms. The molecule has 0 saturated carbocycles. The second-order valence-corrected chi connectivity index (χ2v) is 5.01. The Labute approximate surface area is 124 Å². The van der Waals surface area contributed by atoms with Gasteiger partial charge in [-0.1, -0.05) is 6.58 Å². The fourth-order valence-electron chi connectivity index (χ4n) is 2.38. The number of aromatic nitrogens is 2. The standard InChI is InChI=1S/C16H20N4O/c1-2-20-13-14(12-18-20)11-17-15-3-5-16(6-4-15)19-7-9-21-10-8-19/h2-6,12-13,17H,1,7-11H2. The van der Waals surface area contributed by atoms with Gasteiger partial charge in [-0.25, -0.2) is 4.68 Å². The van der Waals surface area contributed by atoms with Crippen LogP contribution in [0.3, 0.4) is 0 Å². The van der Waals surface area contributed by atoms with Crippen molar-refractivity contribution in [3.05, 3.63) is 48.8 Å². The van der Waals surface area contributed by atoms with E-state index in [0.717, 1.165) is 44.1 Å². The number of hydrogen-bond donors (Lipinski definition) is 1. The summed E-state index contributed by atoms with van der Waals surface area (Å²) in [5.41, 5.74) is 3.49. The van der Waals surface area contributed by atoms with E-state index >= 15 is 0 Å². The van der Waals surface area contributed by atoms with Crippen molar-refractivity contribution in [1.29, 1.82) is 0 Å². The molecule has 5 nitrogen and oxygen atoms in total. The monoisotopic (exact) mass is 284 g/mol. The van der Waals surface area contributed by atoms with Crippen molar-refractivity contribution in [2.45, 2.75) is 6.54 Å². The molecule has 0 atom stereocenters. The Morgan fingerprint density at radius 2 is 2.00 bits per heavy atom. The smallest absolute Gasteiger partial charge is 0.0642 e. The lowest BCUT2D eigenvalue weighted by Crippen LogP contribution is -2.36. The van der Waals surface area contributed by atoms with Crippen molar-refractivity contribution in [3.8, 4) is 0 Å². The van der Waals surface area contributed by atoms with E-state index in [4.69, 9.17) is 4.74 Å². The van der Waals surface area contributed by atoms with E-state index in [1.807, 2.05) is 12.4 Å². The molecule has 0 spiro atoms. The summed E-state index contributed by atoms with van der Waals surface area (Å²) in [4.78, 5) is 2.35. The molecule has 0 bridgehead atoms. The van der Waals surface area contributed by atoms with Gasteiger partial charge in [0.05, 0.1) is 19.4 Å². The Morgan fingerprint density at radius 3 is 2.67 bits per heavy atom. The maximum Gasteiger partial charge on any atom is 0.0642 e. The number of morpholine rings is 1. The highest BCUT2D eigenvalue weighted by molar-refractivity contribution is 5.55. The van der Waals surface area contributed by atoms with Crippen molar-refractivity contribution in [2.24, 2.45) is 0 Å². The molecule has 0 aliphatic carbocycles. The first kappa shape index (κ1) is 13.7. The van der Waals surface area contributed by atoms with Crippen LogP contribution in [-0.4, -0.2) is 36.1 Å². The molecule has 0 amide bonds. The summed E-state index contributed by atoms with van der Waals surface area (Å²) < 4.78 is 7.08. The number of rotatable bonds is 5. The summed E-state index contributed by atoms with van der Waals surface area (Å²) in [6.45, 7) is 8.00. The van der Waals surface area contributed by atoms with Gasteiger partial charge in [-0.15, -0.1) is 0 Å². The molecular formula is C16H20N4O. The SMILES string of the molecule is C=Cn1cc(CNc2ccc(N3CCOCC3)cc2)cn1. The van der Waals surface area contributed by atoms with E-state index in [9.17, 15) is 0 Å². The third-order valence-electron chi connectivity index (χ3n) is 3.58. The van der Waals surface area contributed by atoms with Crippen LogP contribution in [0.15, 0.2) is 43.2 Å². The van der Waals surface area contributed by atoms with Crippen molar-refractivity contribution >= 4 is 17.6 Å². The summed E-state index contributed by atoms with van der Waals surface area (Å²) in [7, 11) is 0. The highest BCUT2D eigenvalue weighted by Crippen LogP contribution is 2.19. The predicted octanol–water partition coefficient (Wildman–Crippen LogP) is 2.43. The minimum Gasteiger partial charge on any atom is -0.381 e. The van der Waals surface area contributed by atoms with Gasteiger partial charge < -0.3 is 15.0 Å². The molecule has 1 fully saturated rings. The van der Waals surface area contributed by atoms with Crippen molar-refractivity contribution < 1.29 is 4.74 Å². The van der Waals surface area contributed by atoms with Crippen molar-refractivity contribution in [2.75, 3.05) is 36.5 Å². The molecule has 2 heterocycles. The fraction of sp³-hybridized carbons (Fsp3) is 0.312. The summed E-state index contributed by atoms with van der Waals surface area (Å²) >= 11 is 0. The quantitative estimate of drug-likeness (QED) is 0.915. The van der Waals surface area contributed by atoms with E-state index in [0.29, 0.717) is 0 Å². The lowest BCUT2D eigenvalue weighted by molar-refractivity contribution is 0.122. The summed E-state index contributed by atoms with van der Waals surface area (Å²) in [5, 5.41) is 7.56. The Balaban J connectivity index is 1.57. The van der Waals surface area contributed by atoms with Gasteiger partial charge in [-0.3, -0.25) is 0 Å². The minimum atomic E-state index is 0.755. The van der Waals surface area contributed by atoms with Crippen molar-refractivity contribution in [1.82, 2.24) is 9.78 Å². The first-order valence-corrected chi connectivity index (χ1v) is 7.17. The maximum atomic E-state index is 5.37. The average Bonchev–Trinajstić information content (AvgIpc) is 3.02. The second-order valence-electron chi connectivity index (χ2n) is 5.01. The Morgan fingerprint density at radius 1 is 1.24 bits per heavy atom. The van der Waals surface area contributed by atoms with Crippen LogP contribution >= 0.6 is 0 Å². The number of anilines is 2. The molecule has 21 heavy (non-hydrogen) atoms. The Kier molecular flexibility index (Phi) is 4.21. The van der Waals surface area contributed by atoms with E-state index in [-0.39, 0.29) is 0 Å². The molecule has 3 rings (SSSR count). The predicted molar refractivity (Wildman–Crippen MR) is 85.4 cm³/mol. The molecular weight excluding hydrogens is 264 g/mol. The normalized spacial score (nSPS) is 15.0. The minimum absolute atomic E-state index is 0.755. The molecule has 1 saturated heterocycles. The van der Waals surface area contributed by atoms with Gasteiger partial charge >= 0.3 is 0 Å². The van der Waals surface area contributed by atoms with Crippen LogP contribution in [0.4, 0.5) is 11.4 Å². The highest BCUT2D eigenvalue weighted by atomic mass is 16.5. The van der Waals surface area contributed by atoms with Crippen LogP contribution in [-0.2, 0) is 11.3 Å². The number of nitrogens with zero attached hydrogens (tertiary/aromatic N) is 3. The van der Waals surface area contributed by atoms with Crippen molar-refractivity contribution in [3.63, 3.8) is 0 Å². The maximum absolute atomic E-state index is 5.37. The molecule has 0 unspecified atom stereocenters. The van der Waals surface area contributed by atoms with E-state index in [1.54, 1.807) is 10.9 Å². The number of benzene rings is 1. The summed E-state index contributed by atoms with van der Waals surface area (Å²) in [6.07, 6.45) is 5.49. The molecule has 2 aromatic rings. The average molecular weight is 284 g/mol. The first-order valence-electron chi connectivity index (χ1n) is 7.17. The van der Waals surface area contributed by atoms with Crippen LogP contribution in [0, 0.1) is 0 Å². The Bertz CT molecular complexity index is 585. The number of ether oxygens (including phenoxy) is 1. The Hall–Kier alpha value is -2.27. The molecule has 110 valence electrons. The van der Waals surface area contributed by atoms with Gasteiger partial charge in [0.15, 0.2) is 0 Å². The first-order chi connectivity index (χ1) is 10.3. The van der Waals surface area contributed by atoms with Crippen LogP contribution < -0.4 is 10.2 Å². The number of hydrogen-bond acceptors (Lipinski definition) is 4. The van der Waals surface area contributed by atoms with Crippen LogP contribution in [0.2, 0.25) is 0 Å². The van der Waals surface area contributed by atoms with E-state index in [1.165, 1.54) is 5.69 Å². The molecule has 1 aliphatic rings.